The number of morpholine rings is 2. The first-order valence-corrected chi connectivity index (χ1v) is 7.29. The summed E-state index contributed by atoms with van der Waals surface area (Å²) < 4.78 is 10.8. The molecular weight excluding hydrogens is 246 g/mol. The molecule has 2 fully saturated rings. The van der Waals surface area contributed by atoms with Crippen molar-refractivity contribution in [1.82, 2.24) is 15.3 Å². The van der Waals surface area contributed by atoms with E-state index in [4.69, 9.17) is 9.47 Å². The van der Waals surface area contributed by atoms with Crippen molar-refractivity contribution in [2.24, 2.45) is 0 Å². The molecule has 0 aromatic heterocycles. The van der Waals surface area contributed by atoms with Crippen molar-refractivity contribution in [1.29, 1.82) is 0 Å². The molecule has 0 atom stereocenters. The second kappa shape index (κ2) is 7.52. The first kappa shape index (κ1) is 15.2. The Hall–Kier alpha value is -0.240. The molecule has 112 valence electrons. The zero-order valence-corrected chi connectivity index (χ0v) is 11.9. The van der Waals surface area contributed by atoms with Crippen LogP contribution >= 0.6 is 0 Å². The lowest BCUT2D eigenvalue weighted by Crippen LogP contribution is -2.60. The van der Waals surface area contributed by atoms with Crippen LogP contribution in [0.15, 0.2) is 0 Å². The number of ether oxygens (including phenoxy) is 2. The third kappa shape index (κ3) is 4.37. The van der Waals surface area contributed by atoms with Crippen molar-refractivity contribution in [3.63, 3.8) is 0 Å². The third-order valence-electron chi connectivity index (χ3n) is 4.17. The van der Waals surface area contributed by atoms with E-state index < -0.39 is 0 Å². The van der Waals surface area contributed by atoms with Gasteiger partial charge in [0.15, 0.2) is 0 Å². The molecule has 0 radical (unpaired) electrons. The van der Waals surface area contributed by atoms with Gasteiger partial charge in [-0.05, 0) is 6.42 Å². The molecular formula is C13H27N3O3. The van der Waals surface area contributed by atoms with E-state index in [0.29, 0.717) is 0 Å². The number of rotatable bonds is 6. The topological polar surface area (TPSA) is 57.2 Å². The molecule has 0 spiro atoms. The molecule has 0 aliphatic carbocycles. The molecule has 6 heteroatoms. The van der Waals surface area contributed by atoms with E-state index in [9.17, 15) is 5.21 Å². The van der Waals surface area contributed by atoms with Gasteiger partial charge in [0.2, 0.25) is 0 Å². The van der Waals surface area contributed by atoms with E-state index in [1.807, 2.05) is 0 Å². The fraction of sp³-hybridized carbons (Fsp3) is 1.00. The predicted octanol–water partition coefficient (Wildman–Crippen LogP) is -0.222. The molecule has 6 nitrogen and oxygen atoms in total. The summed E-state index contributed by atoms with van der Waals surface area (Å²) in [6.45, 7) is 10.8. The van der Waals surface area contributed by atoms with Crippen molar-refractivity contribution in [2.75, 3.05) is 65.7 Å². The number of hydrogen-bond acceptors (Lipinski definition) is 6. The molecule has 2 aliphatic rings. The van der Waals surface area contributed by atoms with Gasteiger partial charge >= 0.3 is 0 Å². The van der Waals surface area contributed by atoms with E-state index in [1.54, 1.807) is 0 Å². The SMILES string of the molecule is CCC(CN1CCOCC1)(CN1CCOCC1)NO. The first-order valence-electron chi connectivity index (χ1n) is 7.29. The van der Waals surface area contributed by atoms with Crippen LogP contribution in [-0.2, 0) is 9.47 Å². The van der Waals surface area contributed by atoms with Gasteiger partial charge in [-0.1, -0.05) is 6.92 Å². The van der Waals surface area contributed by atoms with Gasteiger partial charge in [-0.2, -0.15) is 5.48 Å². The molecule has 19 heavy (non-hydrogen) atoms. The average molecular weight is 273 g/mol. The summed E-state index contributed by atoms with van der Waals surface area (Å²) in [6.07, 6.45) is 0.901. The fourth-order valence-corrected chi connectivity index (χ4v) is 2.80. The largest absolute Gasteiger partial charge is 0.379 e. The number of nitrogens with zero attached hydrogens (tertiary/aromatic N) is 2. The number of hydrogen-bond donors (Lipinski definition) is 2. The highest BCUT2D eigenvalue weighted by Crippen LogP contribution is 2.16. The molecule has 0 unspecified atom stereocenters. The molecule has 0 aromatic carbocycles. The monoisotopic (exact) mass is 273 g/mol. The summed E-state index contributed by atoms with van der Waals surface area (Å²) in [4.78, 5) is 4.74. The Labute approximate surface area is 115 Å². The van der Waals surface area contributed by atoms with Crippen LogP contribution < -0.4 is 5.48 Å². The van der Waals surface area contributed by atoms with E-state index in [1.165, 1.54) is 0 Å². The van der Waals surface area contributed by atoms with Crippen LogP contribution in [-0.4, -0.2) is 86.2 Å². The van der Waals surface area contributed by atoms with Gasteiger partial charge in [0.1, 0.15) is 0 Å². The van der Waals surface area contributed by atoms with Crippen LogP contribution in [0.25, 0.3) is 0 Å². The molecule has 2 aliphatic heterocycles. The summed E-state index contributed by atoms with van der Waals surface area (Å²) in [6, 6.07) is 0. The van der Waals surface area contributed by atoms with Gasteiger partial charge in [-0.3, -0.25) is 9.80 Å². The summed E-state index contributed by atoms with van der Waals surface area (Å²) in [5.74, 6) is 0. The molecule has 2 saturated heterocycles. The Morgan fingerprint density at radius 1 is 0.947 bits per heavy atom. The van der Waals surface area contributed by atoms with E-state index in [-0.39, 0.29) is 5.54 Å². The highest BCUT2D eigenvalue weighted by molar-refractivity contribution is 4.91. The Kier molecular flexibility index (Phi) is 6.00. The maximum Gasteiger partial charge on any atom is 0.0680 e. The van der Waals surface area contributed by atoms with Gasteiger partial charge in [0.05, 0.1) is 32.0 Å². The molecule has 0 bridgehead atoms. The van der Waals surface area contributed by atoms with Gasteiger partial charge in [-0.15, -0.1) is 0 Å². The normalized spacial score (nSPS) is 23.7. The van der Waals surface area contributed by atoms with Crippen molar-refractivity contribution < 1.29 is 14.7 Å². The van der Waals surface area contributed by atoms with Crippen LogP contribution in [0.1, 0.15) is 13.3 Å². The van der Waals surface area contributed by atoms with Gasteiger partial charge < -0.3 is 14.7 Å². The van der Waals surface area contributed by atoms with E-state index in [0.717, 1.165) is 72.1 Å². The Balaban J connectivity index is 1.90. The second-order valence-electron chi connectivity index (χ2n) is 5.52. The highest BCUT2D eigenvalue weighted by Gasteiger charge is 2.33. The van der Waals surface area contributed by atoms with Crippen LogP contribution in [0, 0.1) is 0 Å². The average Bonchev–Trinajstić information content (AvgIpc) is 2.48. The standard InChI is InChI=1S/C13H27N3O3/c1-2-13(14-17,11-15-3-7-18-8-4-15)12-16-5-9-19-10-6-16/h14,17H,2-12H2,1H3. The summed E-state index contributed by atoms with van der Waals surface area (Å²) in [7, 11) is 0. The quantitative estimate of drug-likeness (QED) is 0.653. The predicted molar refractivity (Wildman–Crippen MR) is 72.5 cm³/mol. The second-order valence-corrected chi connectivity index (χ2v) is 5.52. The van der Waals surface area contributed by atoms with Crippen LogP contribution in [0.2, 0.25) is 0 Å². The van der Waals surface area contributed by atoms with Crippen molar-refractivity contribution in [3.05, 3.63) is 0 Å². The van der Waals surface area contributed by atoms with Crippen molar-refractivity contribution in [3.8, 4) is 0 Å². The zero-order chi connectivity index (χ0) is 13.6. The lowest BCUT2D eigenvalue weighted by molar-refractivity contribution is -0.0363. The smallest absolute Gasteiger partial charge is 0.0680 e. The lowest BCUT2D eigenvalue weighted by Gasteiger charge is -2.42. The van der Waals surface area contributed by atoms with Crippen LogP contribution in [0.3, 0.4) is 0 Å². The lowest BCUT2D eigenvalue weighted by atomic mass is 9.95. The fourth-order valence-electron chi connectivity index (χ4n) is 2.80. The maximum atomic E-state index is 9.67. The zero-order valence-electron chi connectivity index (χ0n) is 11.9. The van der Waals surface area contributed by atoms with E-state index in [2.05, 4.69) is 22.2 Å². The third-order valence-corrected chi connectivity index (χ3v) is 4.17. The van der Waals surface area contributed by atoms with Crippen LogP contribution in [0.5, 0.6) is 0 Å². The number of hydroxylamine groups is 1. The minimum Gasteiger partial charge on any atom is -0.379 e. The van der Waals surface area contributed by atoms with Gasteiger partial charge in [0, 0.05) is 39.3 Å². The van der Waals surface area contributed by atoms with Crippen molar-refractivity contribution >= 4 is 0 Å². The summed E-state index contributed by atoms with van der Waals surface area (Å²) in [5, 5.41) is 9.67. The minimum absolute atomic E-state index is 0.255. The summed E-state index contributed by atoms with van der Waals surface area (Å²) >= 11 is 0. The highest BCUT2D eigenvalue weighted by atomic mass is 16.5. The maximum absolute atomic E-state index is 9.67. The van der Waals surface area contributed by atoms with Crippen molar-refractivity contribution in [2.45, 2.75) is 18.9 Å². The first-order chi connectivity index (χ1) is 9.28. The van der Waals surface area contributed by atoms with E-state index >= 15 is 0 Å². The Morgan fingerprint density at radius 3 is 1.68 bits per heavy atom. The number of nitrogens with one attached hydrogen (secondary N) is 1. The van der Waals surface area contributed by atoms with Crippen LogP contribution in [0.4, 0.5) is 0 Å². The molecule has 2 heterocycles. The molecule has 0 saturated carbocycles. The van der Waals surface area contributed by atoms with Gasteiger partial charge in [-0.25, -0.2) is 0 Å². The molecule has 0 aromatic rings. The Bertz CT molecular complexity index is 228. The molecule has 2 N–H and O–H groups in total. The minimum atomic E-state index is -0.255. The Morgan fingerprint density at radius 2 is 1.37 bits per heavy atom. The molecule has 2 rings (SSSR count). The summed E-state index contributed by atoms with van der Waals surface area (Å²) in [5.41, 5.74) is 2.34. The molecule has 0 amide bonds. The van der Waals surface area contributed by atoms with Gasteiger partial charge in [0.25, 0.3) is 0 Å².